The van der Waals surface area contributed by atoms with E-state index in [4.69, 9.17) is 9.84 Å². The highest BCUT2D eigenvalue weighted by Gasteiger charge is 2.43. The monoisotopic (exact) mass is 446 g/mol. The summed E-state index contributed by atoms with van der Waals surface area (Å²) in [4.78, 5) is 36.1. The van der Waals surface area contributed by atoms with E-state index in [0.717, 1.165) is 22.3 Å². The molecule has 1 fully saturated rings. The molecule has 0 radical (unpaired) electrons. The smallest absolute Gasteiger partial charge is 0.407 e. The van der Waals surface area contributed by atoms with Gasteiger partial charge in [0.05, 0.1) is 5.92 Å². The van der Waals surface area contributed by atoms with Gasteiger partial charge in [0.15, 0.2) is 0 Å². The van der Waals surface area contributed by atoms with E-state index in [-0.39, 0.29) is 31.4 Å². The summed E-state index contributed by atoms with van der Waals surface area (Å²) < 4.78 is 5.53. The fourth-order valence-electron chi connectivity index (χ4n) is 4.33. The van der Waals surface area contributed by atoms with Crippen molar-refractivity contribution in [3.05, 3.63) is 59.7 Å². The molecule has 2 aromatic carbocycles. The van der Waals surface area contributed by atoms with E-state index in [1.807, 2.05) is 36.4 Å². The van der Waals surface area contributed by atoms with Gasteiger partial charge in [-0.2, -0.15) is 0 Å². The molecule has 4 rings (SSSR count). The lowest BCUT2D eigenvalue weighted by Gasteiger charge is -2.18. The zero-order valence-electron chi connectivity index (χ0n) is 18.3. The third-order valence-electron chi connectivity index (χ3n) is 6.21. The molecule has 7 heteroatoms. The molecule has 0 saturated heterocycles. The Balaban J connectivity index is 1.35. The van der Waals surface area contributed by atoms with Crippen LogP contribution in [0.5, 0.6) is 0 Å². The van der Waals surface area contributed by atoms with Gasteiger partial charge in [0, 0.05) is 18.9 Å². The highest BCUT2D eigenvalue weighted by molar-refractivity contribution is 5.86. The first kappa shape index (κ1) is 22.4. The van der Waals surface area contributed by atoms with Crippen LogP contribution in [0.1, 0.15) is 36.8 Å². The minimum absolute atomic E-state index is 0.0705. The highest BCUT2D eigenvalue weighted by atomic mass is 16.5. The molecule has 0 bridgehead atoms. The molecule has 1 saturated carbocycles. The molecular formula is C26H26N2O5. The van der Waals surface area contributed by atoms with E-state index in [0.29, 0.717) is 6.42 Å². The van der Waals surface area contributed by atoms with E-state index in [2.05, 4.69) is 34.6 Å². The molecule has 3 atom stereocenters. The van der Waals surface area contributed by atoms with Crippen molar-refractivity contribution in [2.45, 2.75) is 31.7 Å². The van der Waals surface area contributed by atoms with Crippen LogP contribution in [0.25, 0.3) is 11.1 Å². The summed E-state index contributed by atoms with van der Waals surface area (Å²) in [5, 5.41) is 14.3. The molecule has 2 aromatic rings. The number of carboxylic acids is 1. The van der Waals surface area contributed by atoms with Gasteiger partial charge < -0.3 is 20.5 Å². The van der Waals surface area contributed by atoms with Crippen LogP contribution in [0.15, 0.2) is 48.5 Å². The second kappa shape index (κ2) is 9.78. The van der Waals surface area contributed by atoms with E-state index < -0.39 is 29.9 Å². The molecule has 2 aliphatic carbocycles. The summed E-state index contributed by atoms with van der Waals surface area (Å²) in [6, 6.07) is 15.2. The van der Waals surface area contributed by atoms with Crippen molar-refractivity contribution in [1.29, 1.82) is 0 Å². The lowest BCUT2D eigenvalue weighted by Crippen LogP contribution is -2.47. The minimum atomic E-state index is -0.880. The van der Waals surface area contributed by atoms with Crippen LogP contribution in [-0.4, -0.2) is 42.3 Å². The number of fused-ring (bicyclic) bond motifs is 3. The molecule has 3 N–H and O–H groups in total. The van der Waals surface area contributed by atoms with E-state index in [1.165, 1.54) is 0 Å². The Kier molecular flexibility index (Phi) is 6.64. The summed E-state index contributed by atoms with van der Waals surface area (Å²) in [5.41, 5.74) is 4.49. The van der Waals surface area contributed by atoms with Crippen LogP contribution >= 0.6 is 0 Å². The molecule has 0 aromatic heterocycles. The molecule has 1 unspecified atom stereocenters. The summed E-state index contributed by atoms with van der Waals surface area (Å²) in [7, 11) is 0. The number of hydrogen-bond donors (Lipinski definition) is 3. The van der Waals surface area contributed by atoms with Crippen LogP contribution in [0, 0.1) is 23.7 Å². The highest BCUT2D eigenvalue weighted by Crippen LogP contribution is 2.44. The van der Waals surface area contributed by atoms with Crippen molar-refractivity contribution in [3.8, 4) is 23.0 Å². The number of carboxylic acid groups (broad SMARTS) is 1. The number of amides is 2. The zero-order valence-corrected chi connectivity index (χ0v) is 18.3. The van der Waals surface area contributed by atoms with Crippen molar-refractivity contribution in [1.82, 2.24) is 10.6 Å². The second-order valence-corrected chi connectivity index (χ2v) is 8.34. The maximum atomic E-state index is 12.6. The Morgan fingerprint density at radius 2 is 1.73 bits per heavy atom. The van der Waals surface area contributed by atoms with Crippen LogP contribution in [0.2, 0.25) is 0 Å². The van der Waals surface area contributed by atoms with Gasteiger partial charge >= 0.3 is 12.1 Å². The van der Waals surface area contributed by atoms with Gasteiger partial charge in [-0.3, -0.25) is 9.59 Å². The first-order valence-electron chi connectivity index (χ1n) is 11.0. The van der Waals surface area contributed by atoms with E-state index in [1.54, 1.807) is 6.92 Å². The molecule has 33 heavy (non-hydrogen) atoms. The Morgan fingerprint density at radius 3 is 2.30 bits per heavy atom. The topological polar surface area (TPSA) is 105 Å². The van der Waals surface area contributed by atoms with Crippen molar-refractivity contribution >= 4 is 18.0 Å². The Labute approximate surface area is 192 Å². The Bertz CT molecular complexity index is 1090. The largest absolute Gasteiger partial charge is 0.481 e. The van der Waals surface area contributed by atoms with Gasteiger partial charge in [-0.25, -0.2) is 4.79 Å². The van der Waals surface area contributed by atoms with Crippen molar-refractivity contribution < 1.29 is 24.2 Å². The number of rotatable bonds is 8. The Morgan fingerprint density at radius 1 is 1.09 bits per heavy atom. The lowest BCUT2D eigenvalue weighted by molar-refractivity contribution is -0.139. The van der Waals surface area contributed by atoms with Crippen LogP contribution in [-0.2, 0) is 14.3 Å². The number of carbonyl (C=O) groups is 3. The van der Waals surface area contributed by atoms with E-state index in [9.17, 15) is 14.4 Å². The maximum absolute atomic E-state index is 12.6. The molecule has 2 aliphatic rings. The average Bonchev–Trinajstić information content (AvgIpc) is 3.54. The minimum Gasteiger partial charge on any atom is -0.481 e. The molecular weight excluding hydrogens is 420 g/mol. The quantitative estimate of drug-likeness (QED) is 0.541. The summed E-state index contributed by atoms with van der Waals surface area (Å²) >= 11 is 0. The third-order valence-corrected chi connectivity index (χ3v) is 6.21. The molecule has 0 aliphatic heterocycles. The van der Waals surface area contributed by atoms with Gasteiger partial charge in [0.1, 0.15) is 12.6 Å². The normalized spacial score (nSPS) is 18.7. The van der Waals surface area contributed by atoms with Gasteiger partial charge in [0.2, 0.25) is 5.91 Å². The number of carbonyl (C=O) groups excluding carboxylic acids is 2. The Hall–Kier alpha value is -3.79. The molecule has 0 heterocycles. The summed E-state index contributed by atoms with van der Waals surface area (Å²) in [5.74, 6) is 3.73. The summed E-state index contributed by atoms with van der Waals surface area (Å²) in [6.07, 6.45) is -0.00115. The second-order valence-electron chi connectivity index (χ2n) is 8.34. The number of ether oxygens (including phenoxy) is 1. The number of hydrogen-bond acceptors (Lipinski definition) is 4. The lowest BCUT2D eigenvalue weighted by atomic mass is 9.98. The average molecular weight is 447 g/mol. The first-order valence-corrected chi connectivity index (χ1v) is 11.0. The zero-order chi connectivity index (χ0) is 23.4. The standard InChI is InChI=1S/C26H26N2O5/c1-2-3-12-23(24(29)27-14-16-13-21(16)25(30)31)28-26(32)33-15-22-19-10-6-4-8-17(19)18-9-5-7-11-20(18)22/h4-11,16,21-23H,12-15H2,1H3,(H,27,29)(H,28,32)(H,30,31)/t16-,21-,23?/m1/s1. The van der Waals surface area contributed by atoms with Crippen molar-refractivity contribution in [2.24, 2.45) is 11.8 Å². The summed E-state index contributed by atoms with van der Waals surface area (Å²) in [6.45, 7) is 2.07. The van der Waals surface area contributed by atoms with Crippen LogP contribution in [0.3, 0.4) is 0 Å². The first-order chi connectivity index (χ1) is 16.0. The molecule has 170 valence electrons. The van der Waals surface area contributed by atoms with E-state index >= 15 is 0 Å². The maximum Gasteiger partial charge on any atom is 0.407 e. The van der Waals surface area contributed by atoms with Gasteiger partial charge in [-0.15, -0.1) is 11.8 Å². The SMILES string of the molecule is CC#CCC(NC(=O)OCC1c2ccccc2-c2ccccc21)C(=O)NC[C@H]1C[C@H]1C(=O)O. The van der Waals surface area contributed by atoms with Crippen LogP contribution < -0.4 is 10.6 Å². The van der Waals surface area contributed by atoms with Crippen LogP contribution in [0.4, 0.5) is 4.79 Å². The molecule has 0 spiro atoms. The molecule has 7 nitrogen and oxygen atoms in total. The number of benzene rings is 2. The van der Waals surface area contributed by atoms with Gasteiger partial charge in [0.25, 0.3) is 0 Å². The van der Waals surface area contributed by atoms with Crippen molar-refractivity contribution in [2.75, 3.05) is 13.2 Å². The third kappa shape index (κ3) is 5.01. The number of alkyl carbamates (subject to hydrolysis) is 1. The predicted octanol–water partition coefficient (Wildman–Crippen LogP) is 3.14. The number of aliphatic carboxylic acids is 1. The van der Waals surface area contributed by atoms with Gasteiger partial charge in [-0.05, 0) is 41.5 Å². The van der Waals surface area contributed by atoms with Crippen molar-refractivity contribution in [3.63, 3.8) is 0 Å². The fourth-order valence-corrected chi connectivity index (χ4v) is 4.33. The number of nitrogens with one attached hydrogen (secondary N) is 2. The molecule has 2 amide bonds. The predicted molar refractivity (Wildman–Crippen MR) is 122 cm³/mol. The fraction of sp³-hybridized carbons (Fsp3) is 0.346. The van der Waals surface area contributed by atoms with Gasteiger partial charge in [-0.1, -0.05) is 48.5 Å².